The molecule has 3 aliphatic rings. The minimum Gasteiger partial charge on any atom is -0.507 e. The smallest absolute Gasteiger partial charge is 0.198 e. The van der Waals surface area contributed by atoms with Crippen molar-refractivity contribution in [1.82, 2.24) is 0 Å². The van der Waals surface area contributed by atoms with Gasteiger partial charge in [-0.15, -0.1) is 0 Å². The minimum atomic E-state index is -1.08. The maximum atomic E-state index is 13.3. The van der Waals surface area contributed by atoms with Crippen LogP contribution >= 0.6 is 0 Å². The lowest BCUT2D eigenvalue weighted by molar-refractivity contribution is -0.237. The van der Waals surface area contributed by atoms with Crippen molar-refractivity contribution >= 4 is 17.3 Å². The number of aliphatic hydroxyl groups is 2. The van der Waals surface area contributed by atoms with Crippen molar-refractivity contribution in [2.24, 2.45) is 5.92 Å². The van der Waals surface area contributed by atoms with Gasteiger partial charge in [0.2, 0.25) is 0 Å². The van der Waals surface area contributed by atoms with E-state index in [1.807, 2.05) is 0 Å². The zero-order chi connectivity index (χ0) is 24.3. The van der Waals surface area contributed by atoms with Crippen LogP contribution in [0.25, 0.3) is 0 Å². The summed E-state index contributed by atoms with van der Waals surface area (Å²) < 4.78 is 11.5. The summed E-state index contributed by atoms with van der Waals surface area (Å²) >= 11 is 0. The molecule has 0 radical (unpaired) electrons. The van der Waals surface area contributed by atoms with Crippen molar-refractivity contribution in [3.05, 3.63) is 57.6 Å². The van der Waals surface area contributed by atoms with Crippen LogP contribution in [0.4, 0.5) is 0 Å². The van der Waals surface area contributed by atoms with Crippen LogP contribution in [0, 0.1) is 5.92 Å². The van der Waals surface area contributed by atoms with Gasteiger partial charge in [0.1, 0.15) is 23.4 Å². The molecule has 1 aliphatic heterocycles. The molecule has 1 fully saturated rings. The number of ketones is 3. The number of phenolic OH excluding ortho intramolecular Hbond substituents is 2. The third kappa shape index (κ3) is 3.43. The number of hydrogen-bond donors (Lipinski definition) is 4. The highest BCUT2D eigenvalue weighted by Gasteiger charge is 2.43. The van der Waals surface area contributed by atoms with Gasteiger partial charge in [0.15, 0.2) is 17.9 Å². The fraction of sp³-hybridized carbons (Fsp3) is 0.400. The number of phenols is 2. The lowest BCUT2D eigenvalue weighted by atomic mass is 9.74. The Bertz CT molecular complexity index is 1220. The molecule has 2 aliphatic carbocycles. The molecule has 0 saturated carbocycles. The number of ether oxygens (including phenoxy) is 2. The van der Waals surface area contributed by atoms with Crippen molar-refractivity contribution in [2.75, 3.05) is 6.61 Å². The molecular formula is C25H24O9. The Labute approximate surface area is 194 Å². The van der Waals surface area contributed by atoms with Crippen LogP contribution in [0.2, 0.25) is 0 Å². The number of carbonyl (C=O) groups is 3. The molecule has 0 spiro atoms. The standard InChI is InChI=1S/C25H24O9/c1-10(26)11-6-14-19(17(7-11)34-18-8-15(27)16(28)9-33-18)25(32)21-20(24(14)31)22(29)12-4-2-3-5-13(12)23(21)30/h2-5,11,15-18,27-28,31-32H,6-9H2,1H3/t11-,15-,16+,17-,18-/m0/s1. The summed E-state index contributed by atoms with van der Waals surface area (Å²) in [6, 6.07) is 6.18. The zero-order valence-corrected chi connectivity index (χ0v) is 18.4. The van der Waals surface area contributed by atoms with E-state index < -0.39 is 53.6 Å². The summed E-state index contributed by atoms with van der Waals surface area (Å²) in [7, 11) is 0. The van der Waals surface area contributed by atoms with Crippen molar-refractivity contribution < 1.29 is 44.3 Å². The van der Waals surface area contributed by atoms with Gasteiger partial charge in [-0.05, 0) is 19.8 Å². The number of Topliss-reactive ketones (excluding diaryl/α,β-unsaturated/α-hetero) is 1. The first-order chi connectivity index (χ1) is 16.2. The maximum absolute atomic E-state index is 13.3. The molecule has 5 atom stereocenters. The van der Waals surface area contributed by atoms with Crippen LogP contribution in [0.5, 0.6) is 11.5 Å². The van der Waals surface area contributed by atoms with Gasteiger partial charge in [0.25, 0.3) is 0 Å². The molecule has 0 aromatic heterocycles. The first kappa shape index (κ1) is 22.7. The lowest BCUT2D eigenvalue weighted by Crippen LogP contribution is -2.43. The van der Waals surface area contributed by atoms with E-state index in [2.05, 4.69) is 0 Å². The first-order valence-corrected chi connectivity index (χ1v) is 11.1. The van der Waals surface area contributed by atoms with E-state index in [1.54, 1.807) is 12.1 Å². The fourth-order valence-electron chi connectivity index (χ4n) is 5.09. The average molecular weight is 468 g/mol. The van der Waals surface area contributed by atoms with Crippen LogP contribution in [-0.4, -0.2) is 62.9 Å². The third-order valence-corrected chi connectivity index (χ3v) is 6.95. The monoisotopic (exact) mass is 468 g/mol. The van der Waals surface area contributed by atoms with E-state index in [1.165, 1.54) is 19.1 Å². The summed E-state index contributed by atoms with van der Waals surface area (Å²) in [5, 5.41) is 42.1. The Hall–Kier alpha value is -3.11. The highest BCUT2D eigenvalue weighted by Crippen LogP contribution is 2.51. The highest BCUT2D eigenvalue weighted by atomic mass is 16.7. The van der Waals surface area contributed by atoms with E-state index >= 15 is 0 Å². The summed E-state index contributed by atoms with van der Waals surface area (Å²) in [5.41, 5.74) is -0.0323. The van der Waals surface area contributed by atoms with Gasteiger partial charge in [-0.1, -0.05) is 24.3 Å². The Morgan fingerprint density at radius 1 is 0.971 bits per heavy atom. The van der Waals surface area contributed by atoms with Gasteiger partial charge in [0.05, 0.1) is 29.9 Å². The van der Waals surface area contributed by atoms with Crippen LogP contribution in [-0.2, 0) is 20.7 Å². The van der Waals surface area contributed by atoms with E-state index in [0.717, 1.165) is 0 Å². The Kier molecular flexibility index (Phi) is 5.52. The molecule has 0 unspecified atom stereocenters. The zero-order valence-electron chi connectivity index (χ0n) is 18.4. The molecular weight excluding hydrogens is 444 g/mol. The Balaban J connectivity index is 1.64. The van der Waals surface area contributed by atoms with Crippen LogP contribution in [0.15, 0.2) is 24.3 Å². The number of hydrogen-bond acceptors (Lipinski definition) is 9. The summed E-state index contributed by atoms with van der Waals surface area (Å²) in [4.78, 5) is 38.7. The number of benzene rings is 2. The molecule has 9 heteroatoms. The second kappa shape index (κ2) is 8.28. The van der Waals surface area contributed by atoms with Crippen LogP contribution in [0.3, 0.4) is 0 Å². The van der Waals surface area contributed by atoms with Gasteiger partial charge < -0.3 is 29.9 Å². The first-order valence-electron chi connectivity index (χ1n) is 11.1. The average Bonchev–Trinajstić information content (AvgIpc) is 2.81. The van der Waals surface area contributed by atoms with Crippen LogP contribution in [0.1, 0.15) is 68.8 Å². The van der Waals surface area contributed by atoms with Crippen molar-refractivity contribution in [3.63, 3.8) is 0 Å². The second-order valence-electron chi connectivity index (χ2n) is 9.05. The molecule has 4 N–H and O–H groups in total. The van der Waals surface area contributed by atoms with Crippen molar-refractivity contribution in [1.29, 1.82) is 0 Å². The molecule has 0 amide bonds. The highest BCUT2D eigenvalue weighted by molar-refractivity contribution is 6.30. The number of aromatic hydroxyl groups is 2. The predicted octanol–water partition coefficient (Wildman–Crippen LogP) is 1.55. The summed E-state index contributed by atoms with van der Waals surface area (Å²) in [5.74, 6) is -2.84. The largest absolute Gasteiger partial charge is 0.507 e. The Morgan fingerprint density at radius 3 is 2.18 bits per heavy atom. The maximum Gasteiger partial charge on any atom is 0.198 e. The fourth-order valence-corrected chi connectivity index (χ4v) is 5.09. The molecule has 2 aromatic carbocycles. The molecule has 178 valence electrons. The number of aliphatic hydroxyl groups excluding tert-OH is 2. The second-order valence-corrected chi connectivity index (χ2v) is 9.05. The van der Waals surface area contributed by atoms with Crippen molar-refractivity contribution in [3.8, 4) is 11.5 Å². The van der Waals surface area contributed by atoms with Gasteiger partial charge in [-0.25, -0.2) is 0 Å². The predicted molar refractivity (Wildman–Crippen MR) is 116 cm³/mol. The molecule has 0 bridgehead atoms. The number of carbonyl (C=O) groups excluding carboxylic acids is 3. The molecule has 9 nitrogen and oxygen atoms in total. The van der Waals surface area contributed by atoms with E-state index in [9.17, 15) is 34.8 Å². The normalized spacial score (nSPS) is 28.1. The topological polar surface area (TPSA) is 151 Å². The quantitative estimate of drug-likeness (QED) is 0.420. The molecule has 1 heterocycles. The van der Waals surface area contributed by atoms with E-state index in [4.69, 9.17) is 9.47 Å². The summed E-state index contributed by atoms with van der Waals surface area (Å²) in [6.45, 7) is 1.25. The van der Waals surface area contributed by atoms with Gasteiger partial charge in [-0.3, -0.25) is 14.4 Å². The minimum absolute atomic E-state index is 0.0415. The number of rotatable bonds is 3. The van der Waals surface area contributed by atoms with Gasteiger partial charge in [0, 0.05) is 34.6 Å². The van der Waals surface area contributed by atoms with Gasteiger partial charge in [-0.2, -0.15) is 0 Å². The van der Waals surface area contributed by atoms with E-state index in [-0.39, 0.29) is 65.0 Å². The molecule has 5 rings (SSSR count). The lowest BCUT2D eigenvalue weighted by Gasteiger charge is -2.37. The SMILES string of the molecule is CC(=O)[C@H]1Cc2c(O)c3c(c(O)c2[C@@H](O[C@H]2C[C@H](O)[C@H](O)CO2)C1)C(=O)c1ccccc1C3=O. The summed E-state index contributed by atoms with van der Waals surface area (Å²) in [6.07, 6.45) is -3.87. The van der Waals surface area contributed by atoms with Crippen LogP contribution < -0.4 is 0 Å². The third-order valence-electron chi connectivity index (χ3n) is 6.95. The number of fused-ring (bicyclic) bond motifs is 3. The molecule has 1 saturated heterocycles. The molecule has 2 aromatic rings. The molecule has 34 heavy (non-hydrogen) atoms. The van der Waals surface area contributed by atoms with E-state index in [0.29, 0.717) is 0 Å². The van der Waals surface area contributed by atoms with Crippen molar-refractivity contribution in [2.45, 2.75) is 50.8 Å². The van der Waals surface area contributed by atoms with Gasteiger partial charge >= 0.3 is 0 Å². The Morgan fingerprint density at radius 2 is 1.59 bits per heavy atom.